The summed E-state index contributed by atoms with van der Waals surface area (Å²) in [4.78, 5) is 0. The lowest BCUT2D eigenvalue weighted by atomic mass is 9.81. The number of ether oxygens (including phenoxy) is 4. The van der Waals surface area contributed by atoms with Gasteiger partial charge in [-0.1, -0.05) is 141 Å². The van der Waals surface area contributed by atoms with E-state index in [1.807, 2.05) is 12.1 Å². The van der Waals surface area contributed by atoms with Gasteiger partial charge in [-0.3, -0.25) is 0 Å². The van der Waals surface area contributed by atoms with Crippen LogP contribution in [0.1, 0.15) is 137 Å². The van der Waals surface area contributed by atoms with Crippen molar-refractivity contribution < 1.29 is 32.9 Å². The largest absolute Gasteiger partial charge is 0.497 e. The fraction of sp³-hybridized carbons (Fsp3) is 0.830. The van der Waals surface area contributed by atoms with Crippen molar-refractivity contribution in [1.82, 2.24) is 0 Å². The SMILES string of the molecule is COCO[C@@H]([C@H](C)[C@@H](O[Si](C(C)C)(C(C)C)C(C)C)[C@H](C)C/C(C)=C\[C@@H](C)[C@H](O[Si](C(C)C)(C(C)C)C(C)C)[C@H](C)CO)[C@H](C)COCc1ccc(OC)cc1. The minimum atomic E-state index is -2.28. The lowest BCUT2D eigenvalue weighted by Gasteiger charge is -2.48. The van der Waals surface area contributed by atoms with Crippen LogP contribution < -0.4 is 4.74 Å². The molecule has 0 fully saturated rings. The Kier molecular flexibility index (Phi) is 23.6. The van der Waals surface area contributed by atoms with E-state index in [0.29, 0.717) is 46.5 Å². The molecule has 0 unspecified atom stereocenters. The van der Waals surface area contributed by atoms with E-state index < -0.39 is 16.6 Å². The van der Waals surface area contributed by atoms with Crippen molar-refractivity contribution in [2.24, 2.45) is 29.6 Å². The van der Waals surface area contributed by atoms with Gasteiger partial charge in [0.1, 0.15) is 12.5 Å². The van der Waals surface area contributed by atoms with Gasteiger partial charge in [-0.05, 0) is 76.1 Å². The Balaban J connectivity index is 3.61. The molecule has 0 amide bonds. The highest BCUT2D eigenvalue weighted by Gasteiger charge is 2.50. The number of allylic oxidation sites excluding steroid dienone is 1. The van der Waals surface area contributed by atoms with Gasteiger partial charge in [0, 0.05) is 31.5 Å². The summed E-state index contributed by atoms with van der Waals surface area (Å²) < 4.78 is 39.0. The number of hydrogen-bond acceptors (Lipinski definition) is 7. The number of rotatable bonds is 28. The Hall–Kier alpha value is -1.05. The standard InChI is InChI=1S/C47H90O7Si2/c1-31(2)55(32(3)4,33(5)6)53-45(40(16)27-48)38(14)25-37(13)26-39(15)47(54-56(34(7)8,35(9)10)36(11)12)42(18)46(52-30-49-19)41(17)28-51-29-43-21-23-44(50-20)24-22-43/h21-25,31-36,38-42,45-48H,26-30H2,1-20H3/b37-25-/t38-,39-,40-,41-,42+,45+,46-,47+/m1/s1. The van der Waals surface area contributed by atoms with Crippen molar-refractivity contribution >= 4 is 16.6 Å². The van der Waals surface area contributed by atoms with Crippen LogP contribution >= 0.6 is 0 Å². The molecule has 1 N–H and O–H groups in total. The molecule has 1 rings (SSSR count). The van der Waals surface area contributed by atoms with Gasteiger partial charge >= 0.3 is 0 Å². The molecule has 0 bridgehead atoms. The summed E-state index contributed by atoms with van der Waals surface area (Å²) in [6.45, 7) is 43.3. The lowest BCUT2D eigenvalue weighted by molar-refractivity contribution is -0.137. The fourth-order valence-electron chi connectivity index (χ4n) is 10.5. The van der Waals surface area contributed by atoms with E-state index in [1.165, 1.54) is 5.57 Å². The van der Waals surface area contributed by atoms with Gasteiger partial charge in [-0.15, -0.1) is 0 Å². The third-order valence-electron chi connectivity index (χ3n) is 13.0. The molecule has 0 radical (unpaired) electrons. The molecule has 8 atom stereocenters. The molecule has 56 heavy (non-hydrogen) atoms. The van der Waals surface area contributed by atoms with Crippen molar-refractivity contribution in [1.29, 1.82) is 0 Å². The maximum Gasteiger partial charge on any atom is 0.200 e. The van der Waals surface area contributed by atoms with Crippen molar-refractivity contribution in [3.05, 3.63) is 41.5 Å². The molecule has 0 heterocycles. The molecule has 0 aliphatic carbocycles. The summed E-state index contributed by atoms with van der Waals surface area (Å²) in [5, 5.41) is 10.5. The summed E-state index contributed by atoms with van der Waals surface area (Å²) in [5.41, 5.74) is 5.24. The van der Waals surface area contributed by atoms with Crippen molar-refractivity contribution in [2.75, 3.05) is 34.2 Å². The molecule has 0 saturated heterocycles. The first-order valence-electron chi connectivity index (χ1n) is 22.0. The maximum absolute atomic E-state index is 10.5. The van der Waals surface area contributed by atoms with Gasteiger partial charge in [0.25, 0.3) is 0 Å². The molecule has 9 heteroatoms. The summed E-state index contributed by atoms with van der Waals surface area (Å²) >= 11 is 0. The molecule has 328 valence electrons. The van der Waals surface area contributed by atoms with E-state index in [2.05, 4.69) is 143 Å². The molecule has 0 aliphatic rings. The second-order valence-corrected chi connectivity index (χ2v) is 30.1. The Bertz CT molecular complexity index is 1190. The molecule has 0 spiro atoms. The fourth-order valence-corrected chi connectivity index (χ4v) is 21.9. The van der Waals surface area contributed by atoms with Gasteiger partial charge in [0.05, 0.1) is 38.6 Å². The Morgan fingerprint density at radius 3 is 1.50 bits per heavy atom. The Morgan fingerprint density at radius 2 is 1.09 bits per heavy atom. The zero-order chi connectivity index (χ0) is 43.1. The molecule has 1 aromatic carbocycles. The highest BCUT2D eigenvalue weighted by molar-refractivity contribution is 6.78. The minimum Gasteiger partial charge on any atom is -0.497 e. The van der Waals surface area contributed by atoms with E-state index in [1.54, 1.807) is 14.2 Å². The van der Waals surface area contributed by atoms with E-state index in [0.717, 1.165) is 17.7 Å². The Labute approximate surface area is 348 Å². The molecular weight excluding hydrogens is 733 g/mol. The predicted octanol–water partition coefficient (Wildman–Crippen LogP) is 12.8. The van der Waals surface area contributed by atoms with Gasteiger partial charge in [-0.2, -0.15) is 0 Å². The number of benzene rings is 1. The smallest absolute Gasteiger partial charge is 0.200 e. The molecule has 1 aromatic rings. The first kappa shape index (κ1) is 53.0. The molecule has 7 nitrogen and oxygen atoms in total. The number of aliphatic hydroxyl groups excluding tert-OH is 1. The number of methoxy groups -OCH3 is 2. The van der Waals surface area contributed by atoms with Crippen LogP contribution in [0.3, 0.4) is 0 Å². The second-order valence-electron chi connectivity index (χ2n) is 19.3. The predicted molar refractivity (Wildman–Crippen MR) is 243 cm³/mol. The van der Waals surface area contributed by atoms with Gasteiger partial charge in [-0.25, -0.2) is 0 Å². The van der Waals surface area contributed by atoms with Crippen LogP contribution in [0.2, 0.25) is 33.2 Å². The van der Waals surface area contributed by atoms with Crippen LogP contribution in [-0.4, -0.2) is 74.3 Å². The topological polar surface area (TPSA) is 75.6 Å². The Morgan fingerprint density at radius 1 is 0.625 bits per heavy atom. The highest BCUT2D eigenvalue weighted by Crippen LogP contribution is 2.47. The zero-order valence-electron chi connectivity index (χ0n) is 39.9. The summed E-state index contributed by atoms with van der Waals surface area (Å²) in [6, 6.07) is 8.05. The quantitative estimate of drug-likeness (QED) is 0.0512. The first-order chi connectivity index (χ1) is 26.1. The van der Waals surface area contributed by atoms with Gasteiger partial charge in [0.2, 0.25) is 16.6 Å². The van der Waals surface area contributed by atoms with Crippen LogP contribution in [0.15, 0.2) is 35.9 Å². The first-order valence-corrected chi connectivity index (χ1v) is 26.3. The lowest BCUT2D eigenvalue weighted by Crippen LogP contribution is -2.54. The van der Waals surface area contributed by atoms with E-state index in [-0.39, 0.29) is 61.3 Å². The van der Waals surface area contributed by atoms with Crippen molar-refractivity contribution in [2.45, 2.75) is 189 Å². The summed E-state index contributed by atoms with van der Waals surface area (Å²) in [6.07, 6.45) is 3.11. The summed E-state index contributed by atoms with van der Waals surface area (Å²) in [5.74, 6) is 1.43. The summed E-state index contributed by atoms with van der Waals surface area (Å²) in [7, 11) is -1.07. The maximum atomic E-state index is 10.5. The normalized spacial score (nSPS) is 17.9. The van der Waals surface area contributed by atoms with Crippen molar-refractivity contribution in [3.63, 3.8) is 0 Å². The van der Waals surface area contributed by atoms with E-state index >= 15 is 0 Å². The zero-order valence-corrected chi connectivity index (χ0v) is 41.9. The molecular formula is C47H90O7Si2. The van der Waals surface area contributed by atoms with Crippen LogP contribution in [0.5, 0.6) is 5.75 Å². The molecule has 0 aliphatic heterocycles. The molecule has 0 saturated carbocycles. The monoisotopic (exact) mass is 823 g/mol. The van der Waals surface area contributed by atoms with E-state index in [4.69, 9.17) is 27.8 Å². The molecule has 0 aromatic heterocycles. The van der Waals surface area contributed by atoms with Crippen LogP contribution in [0.25, 0.3) is 0 Å². The van der Waals surface area contributed by atoms with Crippen LogP contribution in [0, 0.1) is 29.6 Å². The van der Waals surface area contributed by atoms with E-state index in [9.17, 15) is 5.11 Å². The van der Waals surface area contributed by atoms with Gasteiger partial charge in [0.15, 0.2) is 0 Å². The van der Waals surface area contributed by atoms with Crippen molar-refractivity contribution in [3.8, 4) is 5.75 Å². The minimum absolute atomic E-state index is 0.0348. The third kappa shape index (κ3) is 14.0. The highest BCUT2D eigenvalue weighted by atomic mass is 28.4. The van der Waals surface area contributed by atoms with Crippen LogP contribution in [0.4, 0.5) is 0 Å². The average Bonchev–Trinajstić information content (AvgIpc) is 3.11. The van der Waals surface area contributed by atoms with Crippen LogP contribution in [-0.2, 0) is 29.7 Å². The second kappa shape index (κ2) is 24.9. The van der Waals surface area contributed by atoms with Gasteiger partial charge < -0.3 is 32.9 Å². The number of aliphatic hydroxyl groups is 1. The third-order valence-corrected chi connectivity index (χ3v) is 25.2. The number of hydrogen-bond donors (Lipinski definition) is 1. The average molecular weight is 823 g/mol.